The first kappa shape index (κ1) is 29.6. The number of carboxylic acid groups (broad SMARTS) is 1. The third-order valence-electron chi connectivity index (χ3n) is 8.50. The molecular weight excluding hydrogens is 508 g/mol. The van der Waals surface area contributed by atoms with E-state index in [-0.39, 0.29) is 30.1 Å². The predicted octanol–water partition coefficient (Wildman–Crippen LogP) is -1.80. The summed E-state index contributed by atoms with van der Waals surface area (Å²) in [5.41, 5.74) is 0. The van der Waals surface area contributed by atoms with E-state index in [2.05, 4.69) is 0 Å². The molecule has 4 rings (SSSR count). The van der Waals surface area contributed by atoms with Gasteiger partial charge in [-0.3, -0.25) is 9.59 Å². The first-order valence-corrected chi connectivity index (χ1v) is 13.4. The highest BCUT2D eigenvalue weighted by Crippen LogP contribution is 2.42. The fourth-order valence-corrected chi connectivity index (χ4v) is 6.40. The van der Waals surface area contributed by atoms with E-state index in [0.29, 0.717) is 32.1 Å². The van der Waals surface area contributed by atoms with Crippen LogP contribution in [0.5, 0.6) is 0 Å². The quantitative estimate of drug-likeness (QED) is 0.113. The second-order valence-electron chi connectivity index (χ2n) is 11.0. The molecule has 2 aliphatic carbocycles. The Hall–Kier alpha value is -1.42. The third kappa shape index (κ3) is 6.65. The highest BCUT2D eigenvalue weighted by atomic mass is 16.7. The summed E-state index contributed by atoms with van der Waals surface area (Å²) in [6, 6.07) is 0. The SMILES string of the molecule is COC1CC(C2[OH+]C3CCCC(O)C3CC2O[C@@H]2O[C@H](COC(=O)CC(=O)O)[C@@H](O)[C@H](O)[C@H]2O)CCC1O. The first-order valence-electron chi connectivity index (χ1n) is 13.4. The van der Waals surface area contributed by atoms with Gasteiger partial charge in [0, 0.05) is 19.4 Å². The second-order valence-corrected chi connectivity index (χ2v) is 11.0. The summed E-state index contributed by atoms with van der Waals surface area (Å²) in [7, 11) is 1.55. The molecule has 2 saturated carbocycles. The summed E-state index contributed by atoms with van der Waals surface area (Å²) in [5.74, 6) is -2.54. The lowest BCUT2D eigenvalue weighted by atomic mass is 9.73. The van der Waals surface area contributed by atoms with Crippen molar-refractivity contribution in [2.75, 3.05) is 13.7 Å². The normalized spacial score (nSPS) is 45.7. The molecule has 2 heterocycles. The number of hydrogen-bond acceptors (Lipinski definition) is 11. The predicted molar refractivity (Wildman–Crippen MR) is 127 cm³/mol. The molecule has 2 aliphatic heterocycles. The van der Waals surface area contributed by atoms with Crippen LogP contribution >= 0.6 is 0 Å². The fourth-order valence-electron chi connectivity index (χ4n) is 6.40. The van der Waals surface area contributed by atoms with Crippen LogP contribution < -0.4 is 0 Å². The molecule has 2 saturated heterocycles. The van der Waals surface area contributed by atoms with Gasteiger partial charge < -0.3 is 54.3 Å². The van der Waals surface area contributed by atoms with Crippen LogP contribution in [0, 0.1) is 11.8 Å². The number of hydrogen-bond donors (Lipinski definition) is 6. The molecule has 4 aliphatic rings. The van der Waals surface area contributed by atoms with Crippen LogP contribution in [0.4, 0.5) is 0 Å². The van der Waals surface area contributed by atoms with Crippen molar-refractivity contribution in [2.45, 2.75) is 119 Å². The van der Waals surface area contributed by atoms with Crippen molar-refractivity contribution in [1.29, 1.82) is 0 Å². The Morgan fingerprint density at radius 3 is 2.39 bits per heavy atom. The van der Waals surface area contributed by atoms with Crippen LogP contribution in [0.3, 0.4) is 0 Å². The molecule has 0 aromatic carbocycles. The van der Waals surface area contributed by atoms with E-state index in [0.717, 1.165) is 12.8 Å². The van der Waals surface area contributed by atoms with Gasteiger partial charge in [0.05, 0.1) is 24.2 Å². The van der Waals surface area contributed by atoms with Crippen LogP contribution in [-0.2, 0) is 28.5 Å². The number of carbonyl (C=O) groups is 2. The van der Waals surface area contributed by atoms with Crippen molar-refractivity contribution >= 4 is 11.9 Å². The molecule has 0 radical (unpaired) electrons. The Balaban J connectivity index is 1.49. The molecule has 0 aromatic heterocycles. The minimum absolute atomic E-state index is 0.0115. The van der Waals surface area contributed by atoms with E-state index >= 15 is 0 Å². The van der Waals surface area contributed by atoms with Crippen LogP contribution in [0.1, 0.15) is 51.4 Å². The van der Waals surface area contributed by atoms with Gasteiger partial charge in [-0.2, -0.15) is 0 Å². The van der Waals surface area contributed by atoms with Crippen LogP contribution in [0.2, 0.25) is 0 Å². The van der Waals surface area contributed by atoms with Gasteiger partial charge in [-0.05, 0) is 38.5 Å². The Bertz CT molecular complexity index is 810. The van der Waals surface area contributed by atoms with Crippen LogP contribution in [0.25, 0.3) is 0 Å². The lowest BCUT2D eigenvalue weighted by Gasteiger charge is -2.48. The van der Waals surface area contributed by atoms with Gasteiger partial charge in [-0.15, -0.1) is 0 Å². The monoisotopic (exact) mass is 549 g/mol. The number of aliphatic hydroxyl groups is 7. The molecule has 38 heavy (non-hydrogen) atoms. The van der Waals surface area contributed by atoms with E-state index in [9.17, 15) is 35.1 Å². The number of aliphatic hydroxyl groups excluding tert-OH is 5. The number of methoxy groups -OCH3 is 1. The molecule has 218 valence electrons. The van der Waals surface area contributed by atoms with Gasteiger partial charge in [0.15, 0.2) is 18.5 Å². The topological polar surface area (TPSA) is 205 Å². The number of aliphatic carboxylic acids is 1. The fraction of sp³-hybridized carbons (Fsp3) is 0.920. The van der Waals surface area contributed by atoms with Gasteiger partial charge in [0.25, 0.3) is 0 Å². The van der Waals surface area contributed by atoms with E-state index in [1.165, 1.54) is 0 Å². The maximum atomic E-state index is 11.7. The number of rotatable bonds is 8. The second kappa shape index (κ2) is 12.8. The van der Waals surface area contributed by atoms with E-state index in [4.69, 9.17) is 28.8 Å². The lowest BCUT2D eigenvalue weighted by Crippen LogP contribution is -2.62. The smallest absolute Gasteiger partial charge is 0.317 e. The maximum absolute atomic E-state index is 11.7. The largest absolute Gasteiger partial charge is 0.481 e. The molecule has 0 bridgehead atoms. The number of carbonyl (C=O) groups excluding carboxylic acids is 1. The van der Waals surface area contributed by atoms with Gasteiger partial charge in [0.1, 0.15) is 43.5 Å². The van der Waals surface area contributed by atoms with E-state index < -0.39 is 74.0 Å². The maximum Gasteiger partial charge on any atom is 0.317 e. The number of fused-ring (bicyclic) bond motifs is 1. The molecular formula is C25H41O13+. The van der Waals surface area contributed by atoms with Gasteiger partial charge >= 0.3 is 11.9 Å². The zero-order valence-electron chi connectivity index (χ0n) is 21.4. The van der Waals surface area contributed by atoms with Crippen LogP contribution in [0.15, 0.2) is 0 Å². The molecule has 13 heteroatoms. The molecule has 8 unspecified atom stereocenters. The summed E-state index contributed by atoms with van der Waals surface area (Å²) < 4.78 is 27.4. The van der Waals surface area contributed by atoms with Crippen molar-refractivity contribution < 1.29 is 63.9 Å². The van der Waals surface area contributed by atoms with Gasteiger partial charge in [-0.1, -0.05) is 0 Å². The molecule has 13 atom stereocenters. The lowest BCUT2D eigenvalue weighted by molar-refractivity contribution is -0.354. The standard InChI is InChI=1S/C25H40O13/c1-34-16-7-11(5-6-14(16)27)24-17(8-12-13(26)3-2-4-15(12)36-24)37-25-23(33)22(32)21(31)18(38-25)10-35-20(30)9-19(28)29/h11-18,21-27,31-33H,2-10H2,1H3,(H,28,29)/p+1/t11?,12?,13?,14?,15?,16?,17?,18-,21-,22+,23-,24?,25-/m1/s1. The highest BCUT2D eigenvalue weighted by Gasteiger charge is 2.54. The summed E-state index contributed by atoms with van der Waals surface area (Å²) in [5, 5.41) is 61.2. The minimum Gasteiger partial charge on any atom is -0.481 e. The number of carboxylic acids is 1. The number of esters is 1. The molecule has 0 amide bonds. The Labute approximate surface area is 220 Å². The zero-order valence-corrected chi connectivity index (χ0v) is 21.4. The average Bonchev–Trinajstić information content (AvgIpc) is 2.88. The minimum atomic E-state index is -1.67. The van der Waals surface area contributed by atoms with Crippen molar-refractivity contribution in [3.63, 3.8) is 0 Å². The number of ether oxygens (including phenoxy) is 5. The van der Waals surface area contributed by atoms with Crippen molar-refractivity contribution in [3.05, 3.63) is 0 Å². The van der Waals surface area contributed by atoms with Gasteiger partial charge in [0.2, 0.25) is 0 Å². The van der Waals surface area contributed by atoms with Crippen molar-refractivity contribution in [1.82, 2.24) is 0 Å². The summed E-state index contributed by atoms with van der Waals surface area (Å²) in [6.07, 6.45) is -6.29. The summed E-state index contributed by atoms with van der Waals surface area (Å²) in [6.45, 7) is -0.547. The third-order valence-corrected chi connectivity index (χ3v) is 8.50. The highest BCUT2D eigenvalue weighted by molar-refractivity contribution is 5.90. The van der Waals surface area contributed by atoms with Crippen molar-refractivity contribution in [2.24, 2.45) is 11.8 Å². The molecule has 0 spiro atoms. The van der Waals surface area contributed by atoms with E-state index in [1.54, 1.807) is 7.11 Å². The zero-order chi connectivity index (χ0) is 27.6. The molecule has 4 fully saturated rings. The summed E-state index contributed by atoms with van der Waals surface area (Å²) >= 11 is 0. The van der Waals surface area contributed by atoms with Gasteiger partial charge in [-0.25, -0.2) is 0 Å². The van der Waals surface area contributed by atoms with Crippen molar-refractivity contribution in [3.8, 4) is 0 Å². The van der Waals surface area contributed by atoms with E-state index in [1.807, 2.05) is 0 Å². The Kier molecular flexibility index (Phi) is 9.98. The summed E-state index contributed by atoms with van der Waals surface area (Å²) in [4.78, 5) is 22.4. The molecule has 7 N–H and O–H groups in total. The Morgan fingerprint density at radius 1 is 0.921 bits per heavy atom. The van der Waals surface area contributed by atoms with Crippen LogP contribution in [-0.4, -0.2) is 128 Å². The molecule has 13 nitrogen and oxygen atoms in total. The average molecular weight is 550 g/mol. The first-order chi connectivity index (χ1) is 18.1. The molecule has 0 aromatic rings. The Morgan fingerprint density at radius 2 is 1.68 bits per heavy atom.